The van der Waals surface area contributed by atoms with E-state index in [-0.39, 0.29) is 0 Å². The van der Waals surface area contributed by atoms with Gasteiger partial charge in [-0.2, -0.15) is 0 Å². The standard InChI is InChI=1S/C12H12F2N2O/c13-9-4-8(5-10(14)6-9)11-7-16-12(17-11)2-1-3-15/h4-7H,1-3,15H2. The van der Waals surface area contributed by atoms with Gasteiger partial charge in [0.25, 0.3) is 0 Å². The Morgan fingerprint density at radius 1 is 1.18 bits per heavy atom. The van der Waals surface area contributed by atoms with E-state index in [2.05, 4.69) is 4.98 Å². The Morgan fingerprint density at radius 3 is 2.53 bits per heavy atom. The fourth-order valence-corrected chi connectivity index (χ4v) is 1.51. The third kappa shape index (κ3) is 2.88. The van der Waals surface area contributed by atoms with E-state index in [9.17, 15) is 8.78 Å². The molecule has 0 aliphatic rings. The van der Waals surface area contributed by atoms with Gasteiger partial charge < -0.3 is 10.2 Å². The lowest BCUT2D eigenvalue weighted by Gasteiger charge is -1.97. The van der Waals surface area contributed by atoms with Gasteiger partial charge in [-0.05, 0) is 25.1 Å². The lowest BCUT2D eigenvalue weighted by atomic mass is 10.2. The second-order valence-electron chi connectivity index (χ2n) is 3.67. The highest BCUT2D eigenvalue weighted by Gasteiger charge is 2.08. The molecular formula is C12H12F2N2O. The first-order valence-corrected chi connectivity index (χ1v) is 5.30. The van der Waals surface area contributed by atoms with Gasteiger partial charge in [0.1, 0.15) is 11.6 Å². The minimum Gasteiger partial charge on any atom is -0.441 e. The van der Waals surface area contributed by atoms with Crippen LogP contribution in [0.15, 0.2) is 28.8 Å². The molecule has 90 valence electrons. The Kier molecular flexibility index (Phi) is 3.49. The maximum atomic E-state index is 13.0. The quantitative estimate of drug-likeness (QED) is 0.890. The fourth-order valence-electron chi connectivity index (χ4n) is 1.51. The van der Waals surface area contributed by atoms with Gasteiger partial charge in [0.05, 0.1) is 6.20 Å². The molecule has 0 fully saturated rings. The molecule has 3 nitrogen and oxygen atoms in total. The van der Waals surface area contributed by atoms with Crippen molar-refractivity contribution >= 4 is 0 Å². The zero-order valence-electron chi connectivity index (χ0n) is 9.12. The van der Waals surface area contributed by atoms with E-state index in [1.807, 2.05) is 0 Å². The summed E-state index contributed by atoms with van der Waals surface area (Å²) in [5, 5.41) is 0. The second-order valence-corrected chi connectivity index (χ2v) is 3.67. The van der Waals surface area contributed by atoms with Crippen LogP contribution in [0.5, 0.6) is 0 Å². The third-order valence-corrected chi connectivity index (χ3v) is 2.30. The minimum absolute atomic E-state index is 0.342. The number of halogens is 2. The van der Waals surface area contributed by atoms with Crippen LogP contribution in [0.25, 0.3) is 11.3 Å². The average Bonchev–Trinajstić information content (AvgIpc) is 2.73. The van der Waals surface area contributed by atoms with Crippen molar-refractivity contribution in [3.63, 3.8) is 0 Å². The van der Waals surface area contributed by atoms with Crippen LogP contribution in [0.2, 0.25) is 0 Å². The van der Waals surface area contributed by atoms with Crippen LogP contribution in [0.4, 0.5) is 8.78 Å². The predicted octanol–water partition coefficient (Wildman–Crippen LogP) is 2.51. The fraction of sp³-hybridized carbons (Fsp3) is 0.250. The van der Waals surface area contributed by atoms with Crippen molar-refractivity contribution in [2.75, 3.05) is 6.54 Å². The smallest absolute Gasteiger partial charge is 0.194 e. The van der Waals surface area contributed by atoms with Gasteiger partial charge in [0.2, 0.25) is 0 Å². The van der Waals surface area contributed by atoms with Crippen LogP contribution < -0.4 is 5.73 Å². The summed E-state index contributed by atoms with van der Waals surface area (Å²) in [6.45, 7) is 0.548. The molecule has 0 bridgehead atoms. The van der Waals surface area contributed by atoms with Crippen LogP contribution in [0.3, 0.4) is 0 Å². The van der Waals surface area contributed by atoms with E-state index in [0.29, 0.717) is 30.2 Å². The zero-order valence-corrected chi connectivity index (χ0v) is 9.12. The number of aryl methyl sites for hydroxylation is 1. The van der Waals surface area contributed by atoms with Crippen molar-refractivity contribution in [3.8, 4) is 11.3 Å². The molecule has 17 heavy (non-hydrogen) atoms. The Balaban J connectivity index is 2.24. The Hall–Kier alpha value is -1.75. The highest BCUT2D eigenvalue weighted by Crippen LogP contribution is 2.22. The Morgan fingerprint density at radius 2 is 1.88 bits per heavy atom. The average molecular weight is 238 g/mol. The van der Waals surface area contributed by atoms with Gasteiger partial charge >= 0.3 is 0 Å². The molecule has 1 heterocycles. The number of hydrogen-bond acceptors (Lipinski definition) is 3. The van der Waals surface area contributed by atoms with Gasteiger partial charge in [-0.1, -0.05) is 0 Å². The Bertz CT molecular complexity index is 491. The Labute approximate surface area is 97.3 Å². The van der Waals surface area contributed by atoms with Crippen molar-refractivity contribution in [1.82, 2.24) is 4.98 Å². The van der Waals surface area contributed by atoms with E-state index in [1.54, 1.807) is 0 Å². The molecule has 0 radical (unpaired) electrons. The summed E-state index contributed by atoms with van der Waals surface area (Å²) in [4.78, 5) is 4.02. The van der Waals surface area contributed by atoms with E-state index in [4.69, 9.17) is 10.2 Å². The first kappa shape index (κ1) is 11.7. The molecule has 2 N–H and O–H groups in total. The van der Waals surface area contributed by atoms with E-state index in [1.165, 1.54) is 18.3 Å². The first-order valence-electron chi connectivity index (χ1n) is 5.30. The third-order valence-electron chi connectivity index (χ3n) is 2.30. The summed E-state index contributed by atoms with van der Waals surface area (Å²) in [6, 6.07) is 3.22. The highest BCUT2D eigenvalue weighted by atomic mass is 19.1. The van der Waals surface area contributed by atoms with Gasteiger partial charge in [-0.25, -0.2) is 13.8 Å². The summed E-state index contributed by atoms with van der Waals surface area (Å²) < 4.78 is 31.4. The number of rotatable bonds is 4. The molecular weight excluding hydrogens is 226 g/mol. The molecule has 2 aromatic rings. The number of nitrogens with two attached hydrogens (primary N) is 1. The number of hydrogen-bond donors (Lipinski definition) is 1. The summed E-state index contributed by atoms with van der Waals surface area (Å²) in [5.41, 5.74) is 5.71. The molecule has 0 aliphatic carbocycles. The van der Waals surface area contributed by atoms with Gasteiger partial charge in [-0.3, -0.25) is 0 Å². The second kappa shape index (κ2) is 5.05. The molecule has 0 saturated carbocycles. The van der Waals surface area contributed by atoms with Crippen molar-refractivity contribution in [2.24, 2.45) is 5.73 Å². The molecule has 0 amide bonds. The van der Waals surface area contributed by atoms with E-state index >= 15 is 0 Å². The van der Waals surface area contributed by atoms with Gasteiger partial charge in [0, 0.05) is 18.1 Å². The summed E-state index contributed by atoms with van der Waals surface area (Å²) in [6.07, 6.45) is 2.84. The maximum Gasteiger partial charge on any atom is 0.194 e. The monoisotopic (exact) mass is 238 g/mol. The van der Waals surface area contributed by atoms with E-state index < -0.39 is 11.6 Å². The lowest BCUT2D eigenvalue weighted by Crippen LogP contribution is -2.00. The maximum absolute atomic E-state index is 13.0. The molecule has 5 heteroatoms. The normalized spacial score (nSPS) is 10.8. The number of nitrogens with zero attached hydrogens (tertiary/aromatic N) is 1. The molecule has 0 spiro atoms. The van der Waals surface area contributed by atoms with Crippen LogP contribution in [-0.4, -0.2) is 11.5 Å². The summed E-state index contributed by atoms with van der Waals surface area (Å²) in [7, 11) is 0. The molecule has 0 aliphatic heterocycles. The number of oxazole rings is 1. The summed E-state index contributed by atoms with van der Waals surface area (Å²) >= 11 is 0. The van der Waals surface area contributed by atoms with Crippen molar-refractivity contribution in [3.05, 3.63) is 41.9 Å². The minimum atomic E-state index is -0.639. The van der Waals surface area contributed by atoms with Crippen LogP contribution in [-0.2, 0) is 6.42 Å². The SMILES string of the molecule is NCCCc1ncc(-c2cc(F)cc(F)c2)o1. The molecule has 1 aromatic carbocycles. The number of aromatic nitrogens is 1. The van der Waals surface area contributed by atoms with Crippen molar-refractivity contribution in [2.45, 2.75) is 12.8 Å². The molecule has 2 rings (SSSR count). The highest BCUT2D eigenvalue weighted by molar-refractivity contribution is 5.56. The predicted molar refractivity (Wildman–Crippen MR) is 59.2 cm³/mol. The van der Waals surface area contributed by atoms with Crippen molar-refractivity contribution in [1.29, 1.82) is 0 Å². The van der Waals surface area contributed by atoms with Gasteiger partial charge in [-0.15, -0.1) is 0 Å². The van der Waals surface area contributed by atoms with Crippen molar-refractivity contribution < 1.29 is 13.2 Å². The van der Waals surface area contributed by atoms with Crippen LogP contribution >= 0.6 is 0 Å². The molecule has 0 unspecified atom stereocenters. The topological polar surface area (TPSA) is 52.0 Å². The zero-order chi connectivity index (χ0) is 12.3. The van der Waals surface area contributed by atoms with E-state index in [0.717, 1.165) is 12.5 Å². The lowest BCUT2D eigenvalue weighted by molar-refractivity contribution is 0.498. The van der Waals surface area contributed by atoms with Gasteiger partial charge in [0.15, 0.2) is 11.7 Å². The molecule has 1 aromatic heterocycles. The van der Waals surface area contributed by atoms with Crippen LogP contribution in [0.1, 0.15) is 12.3 Å². The van der Waals surface area contributed by atoms with Crippen LogP contribution in [0, 0.1) is 11.6 Å². The molecule has 0 atom stereocenters. The first-order chi connectivity index (χ1) is 8.19. The summed E-state index contributed by atoms with van der Waals surface area (Å²) in [5.74, 6) is -0.398. The molecule has 0 saturated heterocycles. The number of benzene rings is 1. The largest absolute Gasteiger partial charge is 0.441 e.